The maximum atomic E-state index is 12.4. The number of unbranched alkanes of at least 4 members (excludes halogenated alkanes) is 30. The van der Waals surface area contributed by atoms with E-state index in [0.29, 0.717) is 19.3 Å². The number of allylic oxidation sites excluding steroid dienone is 4. The number of nitrogens with one attached hydrogen (secondary N) is 1. The standard InChI is InChI=1S/C48H93NO5/c1-3-5-7-9-11-12-13-14-15-16-17-18-19-20-21-22-23-24-25-26-27-28-29-30-31-32-33-34-36-38-40-42-46(52)48(54)49-44(43-50)47(53)45(51)41-39-37-35-10-8-6-4-2/h10,20-21,35,44-47,50-53H,3-9,11-19,22-34,36-43H2,1-2H3,(H,49,54)/b21-20-,35-10+. The molecule has 0 aliphatic heterocycles. The summed E-state index contributed by atoms with van der Waals surface area (Å²) in [6, 6.07) is -0.997. The summed E-state index contributed by atoms with van der Waals surface area (Å²) in [6.07, 6.45) is 49.9. The first kappa shape index (κ1) is 52.8. The summed E-state index contributed by atoms with van der Waals surface area (Å²) in [4.78, 5) is 12.4. The van der Waals surface area contributed by atoms with Gasteiger partial charge in [-0.15, -0.1) is 0 Å². The Morgan fingerprint density at radius 2 is 0.778 bits per heavy atom. The van der Waals surface area contributed by atoms with Crippen LogP contribution in [0.5, 0.6) is 0 Å². The lowest BCUT2D eigenvalue weighted by atomic mass is 10.00. The topological polar surface area (TPSA) is 110 Å². The van der Waals surface area contributed by atoms with E-state index in [-0.39, 0.29) is 0 Å². The minimum absolute atomic E-state index is 0.365. The molecule has 4 unspecified atom stereocenters. The fourth-order valence-electron chi connectivity index (χ4n) is 7.33. The lowest BCUT2D eigenvalue weighted by molar-refractivity contribution is -0.132. The average molecular weight is 764 g/mol. The van der Waals surface area contributed by atoms with Crippen molar-refractivity contribution in [3.05, 3.63) is 24.3 Å². The molecule has 0 bridgehead atoms. The van der Waals surface area contributed by atoms with Crippen molar-refractivity contribution in [1.29, 1.82) is 0 Å². The van der Waals surface area contributed by atoms with E-state index < -0.39 is 36.9 Å². The van der Waals surface area contributed by atoms with Crippen molar-refractivity contribution < 1.29 is 25.2 Å². The predicted octanol–water partition coefficient (Wildman–Crippen LogP) is 12.7. The van der Waals surface area contributed by atoms with Crippen LogP contribution < -0.4 is 5.32 Å². The van der Waals surface area contributed by atoms with Crippen molar-refractivity contribution in [3.63, 3.8) is 0 Å². The Balaban J connectivity index is 3.52. The molecular formula is C48H93NO5. The first-order chi connectivity index (χ1) is 26.5. The van der Waals surface area contributed by atoms with E-state index in [2.05, 4.69) is 43.5 Å². The molecular weight excluding hydrogens is 671 g/mol. The van der Waals surface area contributed by atoms with Gasteiger partial charge < -0.3 is 25.7 Å². The molecule has 1 amide bonds. The molecule has 0 saturated carbocycles. The van der Waals surface area contributed by atoms with Crippen molar-refractivity contribution in [2.24, 2.45) is 0 Å². The Morgan fingerprint density at radius 3 is 1.17 bits per heavy atom. The van der Waals surface area contributed by atoms with Gasteiger partial charge in [-0.3, -0.25) is 4.79 Å². The Morgan fingerprint density at radius 1 is 0.444 bits per heavy atom. The highest BCUT2D eigenvalue weighted by molar-refractivity contribution is 5.80. The molecule has 54 heavy (non-hydrogen) atoms. The van der Waals surface area contributed by atoms with Gasteiger partial charge in [-0.2, -0.15) is 0 Å². The van der Waals surface area contributed by atoms with Crippen LogP contribution in [0.3, 0.4) is 0 Å². The normalized spacial score (nSPS) is 14.3. The van der Waals surface area contributed by atoms with Gasteiger partial charge in [0, 0.05) is 0 Å². The molecule has 0 fully saturated rings. The van der Waals surface area contributed by atoms with E-state index >= 15 is 0 Å². The Kier molecular flexibility index (Phi) is 42.0. The van der Waals surface area contributed by atoms with Crippen molar-refractivity contribution in [1.82, 2.24) is 5.32 Å². The van der Waals surface area contributed by atoms with Gasteiger partial charge in [0.05, 0.1) is 18.8 Å². The maximum Gasteiger partial charge on any atom is 0.249 e. The highest BCUT2D eigenvalue weighted by Gasteiger charge is 2.28. The van der Waals surface area contributed by atoms with E-state index in [0.717, 1.165) is 38.5 Å². The highest BCUT2D eigenvalue weighted by Crippen LogP contribution is 2.16. The molecule has 0 spiro atoms. The predicted molar refractivity (Wildman–Crippen MR) is 233 cm³/mol. The fraction of sp³-hybridized carbons (Fsp3) is 0.896. The summed E-state index contributed by atoms with van der Waals surface area (Å²) >= 11 is 0. The van der Waals surface area contributed by atoms with Crippen molar-refractivity contribution >= 4 is 5.91 Å². The van der Waals surface area contributed by atoms with Gasteiger partial charge in [-0.1, -0.05) is 212 Å². The number of hydrogen-bond donors (Lipinski definition) is 5. The second kappa shape index (κ2) is 42.9. The molecule has 0 radical (unpaired) electrons. The van der Waals surface area contributed by atoms with Gasteiger partial charge in [0.2, 0.25) is 5.91 Å². The molecule has 6 nitrogen and oxygen atoms in total. The van der Waals surface area contributed by atoms with Crippen LogP contribution in [0, 0.1) is 0 Å². The molecule has 0 aromatic rings. The van der Waals surface area contributed by atoms with E-state index in [1.54, 1.807) is 0 Å². The summed E-state index contributed by atoms with van der Waals surface area (Å²) in [5.41, 5.74) is 0. The van der Waals surface area contributed by atoms with Crippen LogP contribution in [0.1, 0.15) is 245 Å². The molecule has 0 aliphatic carbocycles. The molecule has 0 aromatic heterocycles. The van der Waals surface area contributed by atoms with Gasteiger partial charge in [0.15, 0.2) is 0 Å². The van der Waals surface area contributed by atoms with Crippen LogP contribution in [0.4, 0.5) is 0 Å². The molecule has 0 rings (SSSR count). The number of carbonyl (C=O) groups excluding carboxylic acids is 1. The first-order valence-electron chi connectivity index (χ1n) is 23.7. The quantitative estimate of drug-likeness (QED) is 0.0314. The number of rotatable bonds is 43. The number of hydrogen-bond acceptors (Lipinski definition) is 5. The minimum Gasteiger partial charge on any atom is -0.394 e. The summed E-state index contributed by atoms with van der Waals surface area (Å²) in [5.74, 6) is -0.595. The molecule has 4 atom stereocenters. The molecule has 0 aromatic carbocycles. The average Bonchev–Trinajstić information content (AvgIpc) is 3.18. The summed E-state index contributed by atoms with van der Waals surface area (Å²) in [6.45, 7) is 3.96. The largest absolute Gasteiger partial charge is 0.394 e. The molecule has 0 saturated heterocycles. The fourth-order valence-corrected chi connectivity index (χ4v) is 7.33. The second-order valence-corrected chi connectivity index (χ2v) is 16.4. The van der Waals surface area contributed by atoms with Crippen LogP contribution in [-0.4, -0.2) is 57.3 Å². The first-order valence-corrected chi connectivity index (χ1v) is 23.7. The molecule has 6 heteroatoms. The van der Waals surface area contributed by atoms with Gasteiger partial charge >= 0.3 is 0 Å². The zero-order valence-electron chi connectivity index (χ0n) is 36.0. The third-order valence-electron chi connectivity index (χ3n) is 11.1. The molecule has 0 heterocycles. The number of aliphatic hydroxyl groups excluding tert-OH is 4. The lowest BCUT2D eigenvalue weighted by Crippen LogP contribution is -2.53. The van der Waals surface area contributed by atoms with Gasteiger partial charge in [0.1, 0.15) is 12.2 Å². The SMILES string of the molecule is CCCC/C=C/CCCC(O)C(O)C(CO)NC(=O)C(O)CCCCCCCCCCCCCCCCC/C=C\CCCCCCCCCCCCCC. The van der Waals surface area contributed by atoms with Crippen LogP contribution in [0.2, 0.25) is 0 Å². The van der Waals surface area contributed by atoms with Crippen molar-refractivity contribution in [2.75, 3.05) is 6.61 Å². The summed E-state index contributed by atoms with van der Waals surface area (Å²) in [5, 5.41) is 43.3. The van der Waals surface area contributed by atoms with Crippen LogP contribution in [-0.2, 0) is 4.79 Å². The van der Waals surface area contributed by atoms with Crippen LogP contribution in [0.25, 0.3) is 0 Å². The van der Waals surface area contributed by atoms with Crippen molar-refractivity contribution in [2.45, 2.75) is 269 Å². The third kappa shape index (κ3) is 36.4. The van der Waals surface area contributed by atoms with E-state index in [1.165, 1.54) is 173 Å². The van der Waals surface area contributed by atoms with Crippen LogP contribution in [0.15, 0.2) is 24.3 Å². The Labute approximate surface area is 335 Å². The smallest absolute Gasteiger partial charge is 0.249 e. The third-order valence-corrected chi connectivity index (χ3v) is 11.1. The second-order valence-electron chi connectivity index (χ2n) is 16.4. The summed E-state index contributed by atoms with van der Waals surface area (Å²) < 4.78 is 0. The van der Waals surface area contributed by atoms with E-state index in [9.17, 15) is 25.2 Å². The van der Waals surface area contributed by atoms with Crippen LogP contribution >= 0.6 is 0 Å². The van der Waals surface area contributed by atoms with Gasteiger partial charge in [-0.25, -0.2) is 0 Å². The molecule has 0 aliphatic rings. The van der Waals surface area contributed by atoms with Gasteiger partial charge in [0.25, 0.3) is 0 Å². The van der Waals surface area contributed by atoms with Gasteiger partial charge in [-0.05, 0) is 57.8 Å². The Bertz CT molecular complexity index is 817. The van der Waals surface area contributed by atoms with E-state index in [4.69, 9.17) is 0 Å². The number of carbonyl (C=O) groups is 1. The Hall–Kier alpha value is -1.21. The minimum atomic E-state index is -1.28. The zero-order valence-corrected chi connectivity index (χ0v) is 36.0. The zero-order chi connectivity index (χ0) is 39.6. The monoisotopic (exact) mass is 764 g/mol. The molecule has 320 valence electrons. The number of amides is 1. The molecule has 5 N–H and O–H groups in total. The maximum absolute atomic E-state index is 12.4. The lowest BCUT2D eigenvalue weighted by Gasteiger charge is -2.27. The highest BCUT2D eigenvalue weighted by atomic mass is 16.3. The summed E-state index contributed by atoms with van der Waals surface area (Å²) in [7, 11) is 0. The number of aliphatic hydroxyl groups is 4. The van der Waals surface area contributed by atoms with Crippen molar-refractivity contribution in [3.8, 4) is 0 Å². The van der Waals surface area contributed by atoms with E-state index in [1.807, 2.05) is 0 Å².